The lowest BCUT2D eigenvalue weighted by atomic mass is 9.80. The maximum atomic E-state index is 13.8. The summed E-state index contributed by atoms with van der Waals surface area (Å²) in [5, 5.41) is 3.00. The molecule has 3 fully saturated rings. The van der Waals surface area contributed by atoms with E-state index in [2.05, 4.69) is 39.4 Å². The molecule has 2 aliphatic heterocycles. The molecule has 1 saturated carbocycles. The lowest BCUT2D eigenvalue weighted by molar-refractivity contribution is -0.141. The van der Waals surface area contributed by atoms with Crippen LogP contribution in [0.15, 0.2) is 54.6 Å². The van der Waals surface area contributed by atoms with Gasteiger partial charge in [0.2, 0.25) is 5.91 Å². The smallest absolute Gasteiger partial charge is 0.410 e. The molecule has 7 heteroatoms. The van der Waals surface area contributed by atoms with E-state index in [0.29, 0.717) is 31.7 Å². The van der Waals surface area contributed by atoms with Crippen molar-refractivity contribution in [1.82, 2.24) is 15.1 Å². The Hall–Kier alpha value is -3.06. The number of para-hydroxylation sites is 2. The summed E-state index contributed by atoms with van der Waals surface area (Å²) < 4.78 is 5.48. The molecule has 0 bridgehead atoms. The van der Waals surface area contributed by atoms with Crippen LogP contribution in [0.5, 0.6) is 5.75 Å². The maximum absolute atomic E-state index is 13.8. The SMILES string of the molecule is O=C(NC1(C(=O)N2CCN(Cc3ccccc3N3CCCC3)CC2)CCCCC1)Oc1ccccc1. The summed E-state index contributed by atoms with van der Waals surface area (Å²) in [6, 6.07) is 17.8. The van der Waals surface area contributed by atoms with E-state index < -0.39 is 11.6 Å². The summed E-state index contributed by atoms with van der Waals surface area (Å²) in [7, 11) is 0. The summed E-state index contributed by atoms with van der Waals surface area (Å²) in [6.07, 6.45) is 6.28. The van der Waals surface area contributed by atoms with E-state index in [1.54, 1.807) is 12.1 Å². The van der Waals surface area contributed by atoms with E-state index in [1.807, 2.05) is 23.1 Å². The molecule has 1 aliphatic carbocycles. The van der Waals surface area contributed by atoms with Crippen molar-refractivity contribution < 1.29 is 14.3 Å². The van der Waals surface area contributed by atoms with Gasteiger partial charge >= 0.3 is 6.09 Å². The molecule has 2 saturated heterocycles. The fourth-order valence-corrected chi connectivity index (χ4v) is 5.93. The van der Waals surface area contributed by atoms with Gasteiger partial charge in [-0.15, -0.1) is 0 Å². The highest BCUT2D eigenvalue weighted by molar-refractivity contribution is 5.90. The van der Waals surface area contributed by atoms with Crippen LogP contribution >= 0.6 is 0 Å². The molecule has 2 aromatic carbocycles. The van der Waals surface area contributed by atoms with E-state index in [0.717, 1.165) is 52.0 Å². The number of carbonyl (C=O) groups is 2. The van der Waals surface area contributed by atoms with Crippen molar-refractivity contribution >= 4 is 17.7 Å². The molecule has 0 radical (unpaired) electrons. The third kappa shape index (κ3) is 5.67. The molecular weight excluding hydrogens is 452 g/mol. The molecule has 0 aromatic heterocycles. The van der Waals surface area contributed by atoms with Crippen LogP contribution in [0.4, 0.5) is 10.5 Å². The molecule has 1 N–H and O–H groups in total. The molecule has 0 unspecified atom stereocenters. The minimum atomic E-state index is -0.866. The second-order valence-electron chi connectivity index (χ2n) is 10.4. The molecule has 3 aliphatic rings. The Bertz CT molecular complexity index is 1020. The van der Waals surface area contributed by atoms with E-state index in [1.165, 1.54) is 24.1 Å². The van der Waals surface area contributed by atoms with Gasteiger partial charge in [0.15, 0.2) is 0 Å². The zero-order chi connectivity index (χ0) is 24.8. The van der Waals surface area contributed by atoms with Gasteiger partial charge in [0.1, 0.15) is 11.3 Å². The number of amides is 2. The normalized spacial score (nSPS) is 20.2. The number of ether oxygens (including phenoxy) is 1. The lowest BCUT2D eigenvalue weighted by Gasteiger charge is -2.43. The van der Waals surface area contributed by atoms with Crippen molar-refractivity contribution in [3.8, 4) is 5.75 Å². The predicted molar refractivity (Wildman–Crippen MR) is 141 cm³/mol. The van der Waals surface area contributed by atoms with Gasteiger partial charge in [0.05, 0.1) is 0 Å². The van der Waals surface area contributed by atoms with Crippen molar-refractivity contribution in [3.05, 3.63) is 60.2 Å². The molecule has 36 heavy (non-hydrogen) atoms. The second kappa shape index (κ2) is 11.3. The Labute approximate surface area is 214 Å². The Kier molecular flexibility index (Phi) is 7.75. The van der Waals surface area contributed by atoms with Crippen LogP contribution in [0.1, 0.15) is 50.5 Å². The van der Waals surface area contributed by atoms with E-state index in [4.69, 9.17) is 4.74 Å². The zero-order valence-corrected chi connectivity index (χ0v) is 21.2. The first-order valence-corrected chi connectivity index (χ1v) is 13.5. The third-order valence-corrected chi connectivity index (χ3v) is 7.90. The minimum absolute atomic E-state index is 0.0457. The van der Waals surface area contributed by atoms with Gasteiger partial charge in [-0.05, 0) is 49.4 Å². The first-order valence-electron chi connectivity index (χ1n) is 13.5. The summed E-state index contributed by atoms with van der Waals surface area (Å²) in [6.45, 7) is 6.22. The molecule has 2 heterocycles. The van der Waals surface area contributed by atoms with Crippen LogP contribution in [0, 0.1) is 0 Å². The largest absolute Gasteiger partial charge is 0.413 e. The molecular formula is C29H38N4O3. The van der Waals surface area contributed by atoms with Crippen molar-refractivity contribution in [3.63, 3.8) is 0 Å². The average molecular weight is 491 g/mol. The van der Waals surface area contributed by atoms with Gasteiger partial charge in [-0.3, -0.25) is 9.69 Å². The standard InChI is InChI=1S/C29H38N4O3/c34-27(29(15-7-2-8-16-29)30-28(35)36-25-12-3-1-4-13-25)33-21-19-31(20-22-33)23-24-11-5-6-14-26(24)32-17-9-10-18-32/h1,3-6,11-14H,2,7-10,15-23H2,(H,30,35). The topological polar surface area (TPSA) is 65.1 Å². The minimum Gasteiger partial charge on any atom is -0.410 e. The Balaban J connectivity index is 1.20. The molecule has 2 amide bonds. The van der Waals surface area contributed by atoms with Crippen molar-refractivity contribution in [2.45, 2.75) is 57.0 Å². The van der Waals surface area contributed by atoms with Crippen LogP contribution < -0.4 is 15.0 Å². The van der Waals surface area contributed by atoms with Crippen molar-refractivity contribution in [1.29, 1.82) is 0 Å². The monoisotopic (exact) mass is 490 g/mol. The van der Waals surface area contributed by atoms with Crippen LogP contribution in [-0.4, -0.2) is 66.6 Å². The molecule has 7 nitrogen and oxygen atoms in total. The number of carbonyl (C=O) groups excluding carboxylic acids is 2. The number of nitrogens with zero attached hydrogens (tertiary/aromatic N) is 3. The fraction of sp³-hybridized carbons (Fsp3) is 0.517. The summed E-state index contributed by atoms with van der Waals surface area (Å²) >= 11 is 0. The molecule has 2 aromatic rings. The number of benzene rings is 2. The highest BCUT2D eigenvalue weighted by atomic mass is 16.6. The Morgan fingerprint density at radius 2 is 1.44 bits per heavy atom. The summed E-state index contributed by atoms with van der Waals surface area (Å²) in [5.74, 6) is 0.528. The van der Waals surface area contributed by atoms with Crippen LogP contribution in [0.25, 0.3) is 0 Å². The van der Waals surface area contributed by atoms with E-state index in [-0.39, 0.29) is 5.91 Å². The number of rotatable bonds is 6. The maximum Gasteiger partial charge on any atom is 0.413 e. The van der Waals surface area contributed by atoms with Crippen molar-refractivity contribution in [2.24, 2.45) is 0 Å². The van der Waals surface area contributed by atoms with Crippen LogP contribution in [0.3, 0.4) is 0 Å². The summed E-state index contributed by atoms with van der Waals surface area (Å²) in [4.78, 5) is 33.4. The second-order valence-corrected chi connectivity index (χ2v) is 10.4. The van der Waals surface area contributed by atoms with Crippen molar-refractivity contribution in [2.75, 3.05) is 44.2 Å². The van der Waals surface area contributed by atoms with Gasteiger partial charge in [0.25, 0.3) is 0 Å². The Morgan fingerprint density at radius 1 is 0.778 bits per heavy atom. The van der Waals surface area contributed by atoms with E-state index >= 15 is 0 Å². The number of piperazine rings is 1. The van der Waals surface area contributed by atoms with Gasteiger partial charge in [-0.1, -0.05) is 55.7 Å². The van der Waals surface area contributed by atoms with Gasteiger partial charge in [0, 0.05) is 51.5 Å². The van der Waals surface area contributed by atoms with Gasteiger partial charge < -0.3 is 19.9 Å². The molecule has 0 spiro atoms. The molecule has 0 atom stereocenters. The van der Waals surface area contributed by atoms with E-state index in [9.17, 15) is 9.59 Å². The zero-order valence-electron chi connectivity index (χ0n) is 21.2. The first-order chi connectivity index (χ1) is 17.6. The number of anilines is 1. The lowest BCUT2D eigenvalue weighted by Crippen LogP contribution is -2.63. The van der Waals surface area contributed by atoms with Gasteiger partial charge in [-0.25, -0.2) is 4.79 Å². The highest BCUT2D eigenvalue weighted by Gasteiger charge is 2.44. The number of hydrogen-bond acceptors (Lipinski definition) is 5. The molecule has 192 valence electrons. The summed E-state index contributed by atoms with van der Waals surface area (Å²) in [5.41, 5.74) is 1.86. The molecule has 5 rings (SSSR count). The van der Waals surface area contributed by atoms with Crippen LogP contribution in [0.2, 0.25) is 0 Å². The fourth-order valence-electron chi connectivity index (χ4n) is 5.93. The number of hydrogen-bond donors (Lipinski definition) is 1. The first kappa shape index (κ1) is 24.6. The highest BCUT2D eigenvalue weighted by Crippen LogP contribution is 2.31. The predicted octanol–water partition coefficient (Wildman–Crippen LogP) is 4.42. The quantitative estimate of drug-likeness (QED) is 0.649. The Morgan fingerprint density at radius 3 is 2.17 bits per heavy atom. The number of nitrogens with one attached hydrogen (secondary N) is 1. The van der Waals surface area contributed by atoms with Gasteiger partial charge in [-0.2, -0.15) is 0 Å². The van der Waals surface area contributed by atoms with Crippen LogP contribution in [-0.2, 0) is 11.3 Å². The third-order valence-electron chi connectivity index (χ3n) is 7.90. The average Bonchev–Trinajstić information content (AvgIpc) is 3.45.